The van der Waals surface area contributed by atoms with Crippen LogP contribution in [0.15, 0.2) is 83.8 Å². The van der Waals surface area contributed by atoms with Crippen LogP contribution in [0, 0.1) is 0 Å². The van der Waals surface area contributed by atoms with Crippen molar-refractivity contribution < 1.29 is 22.7 Å². The summed E-state index contributed by atoms with van der Waals surface area (Å²) in [5.41, 5.74) is 2.40. The van der Waals surface area contributed by atoms with E-state index in [9.17, 15) is 13.2 Å². The van der Waals surface area contributed by atoms with E-state index in [0.29, 0.717) is 37.7 Å². The van der Waals surface area contributed by atoms with Crippen LogP contribution in [0.25, 0.3) is 0 Å². The molecule has 1 aliphatic heterocycles. The quantitative estimate of drug-likeness (QED) is 0.463. The molecular formula is C28H33N3O5S. The molecule has 0 saturated carbocycles. The number of sulfonamides is 1. The molecule has 1 fully saturated rings. The van der Waals surface area contributed by atoms with E-state index in [1.807, 2.05) is 36.4 Å². The van der Waals surface area contributed by atoms with E-state index in [1.165, 1.54) is 43.5 Å². The molecular weight excluding hydrogens is 490 g/mol. The van der Waals surface area contributed by atoms with Gasteiger partial charge in [-0.1, -0.05) is 60.7 Å². The third kappa shape index (κ3) is 6.12. The van der Waals surface area contributed by atoms with E-state index >= 15 is 0 Å². The van der Waals surface area contributed by atoms with Crippen LogP contribution in [-0.4, -0.2) is 70.6 Å². The number of rotatable bonds is 9. The van der Waals surface area contributed by atoms with Crippen molar-refractivity contribution in [3.8, 4) is 11.5 Å². The fraction of sp³-hybridized carbons (Fsp3) is 0.321. The van der Waals surface area contributed by atoms with E-state index in [-0.39, 0.29) is 16.8 Å². The minimum absolute atomic E-state index is 0.00295. The third-order valence-corrected chi connectivity index (χ3v) is 8.13. The topological polar surface area (TPSA) is 88.2 Å². The van der Waals surface area contributed by atoms with Crippen molar-refractivity contribution in [1.29, 1.82) is 0 Å². The molecule has 0 spiro atoms. The third-order valence-electron chi connectivity index (χ3n) is 6.59. The van der Waals surface area contributed by atoms with Crippen molar-refractivity contribution in [1.82, 2.24) is 14.5 Å². The Morgan fingerprint density at radius 3 is 1.86 bits per heavy atom. The maximum absolute atomic E-state index is 13.2. The lowest BCUT2D eigenvalue weighted by Gasteiger charge is -2.40. The predicted molar refractivity (Wildman–Crippen MR) is 142 cm³/mol. The van der Waals surface area contributed by atoms with Gasteiger partial charge in [0.1, 0.15) is 0 Å². The number of benzene rings is 3. The normalized spacial score (nSPS) is 15.4. The number of carbonyl (C=O) groups excluding carboxylic acids is 1. The Hall–Kier alpha value is -3.40. The van der Waals surface area contributed by atoms with Crippen molar-refractivity contribution >= 4 is 15.9 Å². The van der Waals surface area contributed by atoms with Gasteiger partial charge in [0.15, 0.2) is 11.5 Å². The highest BCUT2D eigenvalue weighted by atomic mass is 32.2. The summed E-state index contributed by atoms with van der Waals surface area (Å²) in [6, 6.07) is 24.2. The van der Waals surface area contributed by atoms with Crippen LogP contribution in [0.2, 0.25) is 0 Å². The molecule has 4 rings (SSSR count). The first-order valence-electron chi connectivity index (χ1n) is 12.2. The number of amides is 1. The summed E-state index contributed by atoms with van der Waals surface area (Å²) in [6.45, 7) is 3.95. The zero-order valence-corrected chi connectivity index (χ0v) is 22.1. The lowest BCUT2D eigenvalue weighted by Crippen LogP contribution is -2.54. The van der Waals surface area contributed by atoms with E-state index in [4.69, 9.17) is 9.47 Å². The van der Waals surface area contributed by atoms with E-state index in [1.54, 1.807) is 11.8 Å². The van der Waals surface area contributed by atoms with Crippen LogP contribution in [-0.2, 0) is 14.8 Å². The number of methoxy groups -OCH3 is 2. The molecule has 0 radical (unpaired) electrons. The number of hydrogen-bond donors (Lipinski definition) is 1. The fourth-order valence-electron chi connectivity index (χ4n) is 4.69. The van der Waals surface area contributed by atoms with Gasteiger partial charge in [0, 0.05) is 32.2 Å². The Morgan fingerprint density at radius 2 is 1.35 bits per heavy atom. The Kier molecular flexibility index (Phi) is 8.48. The lowest BCUT2D eigenvalue weighted by atomic mass is 9.96. The smallest absolute Gasteiger partial charge is 0.241 e. The van der Waals surface area contributed by atoms with Crippen molar-refractivity contribution in [3.63, 3.8) is 0 Å². The molecule has 0 aromatic heterocycles. The second kappa shape index (κ2) is 11.8. The molecule has 1 aliphatic rings. The SMILES string of the molecule is COc1ccc(S(=O)(=O)N[C@@H](C)C(=O)N2CCN(C(c3ccccc3)c3ccccc3)CC2)cc1OC. The molecule has 1 saturated heterocycles. The van der Waals surface area contributed by atoms with Gasteiger partial charge < -0.3 is 14.4 Å². The lowest BCUT2D eigenvalue weighted by molar-refractivity contribution is -0.134. The van der Waals surface area contributed by atoms with Gasteiger partial charge in [0.25, 0.3) is 0 Å². The molecule has 1 atom stereocenters. The van der Waals surface area contributed by atoms with Crippen LogP contribution in [0.4, 0.5) is 0 Å². The van der Waals surface area contributed by atoms with E-state index in [0.717, 1.165) is 0 Å². The highest BCUT2D eigenvalue weighted by Gasteiger charge is 2.31. The van der Waals surface area contributed by atoms with Gasteiger partial charge in [-0.25, -0.2) is 8.42 Å². The van der Waals surface area contributed by atoms with Gasteiger partial charge in [-0.15, -0.1) is 0 Å². The summed E-state index contributed by atoms with van der Waals surface area (Å²) >= 11 is 0. The molecule has 1 amide bonds. The first-order valence-corrected chi connectivity index (χ1v) is 13.7. The molecule has 3 aromatic carbocycles. The average molecular weight is 524 g/mol. The molecule has 0 bridgehead atoms. The second-order valence-corrected chi connectivity index (χ2v) is 10.7. The number of piperazine rings is 1. The highest BCUT2D eigenvalue weighted by Crippen LogP contribution is 2.31. The fourth-order valence-corrected chi connectivity index (χ4v) is 5.91. The minimum Gasteiger partial charge on any atom is -0.493 e. The number of hydrogen-bond acceptors (Lipinski definition) is 6. The number of carbonyl (C=O) groups is 1. The molecule has 1 N–H and O–H groups in total. The highest BCUT2D eigenvalue weighted by molar-refractivity contribution is 7.89. The first-order chi connectivity index (χ1) is 17.8. The summed E-state index contributed by atoms with van der Waals surface area (Å²) in [5, 5.41) is 0. The zero-order chi connectivity index (χ0) is 26.4. The second-order valence-electron chi connectivity index (χ2n) is 8.94. The summed E-state index contributed by atoms with van der Waals surface area (Å²) < 4.78 is 38.8. The van der Waals surface area contributed by atoms with Crippen molar-refractivity contribution in [3.05, 3.63) is 90.0 Å². The van der Waals surface area contributed by atoms with Crippen LogP contribution in [0.5, 0.6) is 11.5 Å². The predicted octanol–water partition coefficient (Wildman–Crippen LogP) is 3.30. The van der Waals surface area contributed by atoms with Gasteiger partial charge >= 0.3 is 0 Å². The maximum Gasteiger partial charge on any atom is 0.241 e. The molecule has 0 unspecified atom stereocenters. The summed E-state index contributed by atoms with van der Waals surface area (Å²) in [5.74, 6) is 0.472. The molecule has 37 heavy (non-hydrogen) atoms. The van der Waals surface area contributed by atoms with Gasteiger partial charge in [-0.2, -0.15) is 4.72 Å². The number of nitrogens with one attached hydrogen (secondary N) is 1. The number of ether oxygens (including phenoxy) is 2. The van der Waals surface area contributed by atoms with Crippen LogP contribution < -0.4 is 14.2 Å². The standard InChI is InChI=1S/C28H33N3O5S/c1-21(29-37(33,34)24-14-15-25(35-2)26(20-24)36-3)28(32)31-18-16-30(17-19-31)27(22-10-6-4-7-11-22)23-12-8-5-9-13-23/h4-15,20-21,27,29H,16-19H2,1-3H3/t21-/m0/s1. The molecule has 0 aliphatic carbocycles. The van der Waals surface area contributed by atoms with Gasteiger partial charge in [-0.3, -0.25) is 9.69 Å². The Morgan fingerprint density at radius 1 is 0.811 bits per heavy atom. The zero-order valence-electron chi connectivity index (χ0n) is 21.3. The molecule has 9 heteroatoms. The van der Waals surface area contributed by atoms with Gasteiger partial charge in [-0.05, 0) is 30.2 Å². The van der Waals surface area contributed by atoms with E-state index in [2.05, 4.69) is 33.9 Å². The van der Waals surface area contributed by atoms with Crippen LogP contribution in [0.3, 0.4) is 0 Å². The average Bonchev–Trinajstić information content (AvgIpc) is 2.93. The summed E-state index contributed by atoms with van der Waals surface area (Å²) in [7, 11) is -1.02. The minimum atomic E-state index is -3.94. The molecule has 8 nitrogen and oxygen atoms in total. The van der Waals surface area contributed by atoms with Crippen LogP contribution >= 0.6 is 0 Å². The van der Waals surface area contributed by atoms with Crippen molar-refractivity contribution in [2.75, 3.05) is 40.4 Å². The Bertz CT molecular complexity index is 1250. The maximum atomic E-state index is 13.2. The summed E-state index contributed by atoms with van der Waals surface area (Å²) in [4.78, 5) is 17.3. The summed E-state index contributed by atoms with van der Waals surface area (Å²) in [6.07, 6.45) is 0. The van der Waals surface area contributed by atoms with Crippen molar-refractivity contribution in [2.24, 2.45) is 0 Å². The van der Waals surface area contributed by atoms with Crippen molar-refractivity contribution in [2.45, 2.75) is 23.9 Å². The molecule has 1 heterocycles. The monoisotopic (exact) mass is 523 g/mol. The molecule has 3 aromatic rings. The first kappa shape index (κ1) is 26.7. The Balaban J connectivity index is 1.42. The van der Waals surface area contributed by atoms with Gasteiger partial charge in [0.2, 0.25) is 15.9 Å². The number of nitrogens with zero attached hydrogens (tertiary/aromatic N) is 2. The largest absolute Gasteiger partial charge is 0.493 e. The van der Waals surface area contributed by atoms with E-state index < -0.39 is 16.1 Å². The van der Waals surface area contributed by atoms with Gasteiger partial charge in [0.05, 0.1) is 31.2 Å². The molecule has 196 valence electrons. The van der Waals surface area contributed by atoms with Crippen LogP contribution in [0.1, 0.15) is 24.1 Å². The Labute approximate surface area is 218 Å².